The van der Waals surface area contributed by atoms with Crippen LogP contribution in [0.2, 0.25) is 0 Å². The van der Waals surface area contributed by atoms with E-state index in [9.17, 15) is 18.5 Å². The number of hydrogen-bond donors (Lipinski definition) is 2. The number of anilines is 2. The maximum Gasteiger partial charge on any atom is 0.295 e. The molecule has 0 saturated heterocycles. The minimum atomic E-state index is -3.94. The van der Waals surface area contributed by atoms with E-state index in [1.165, 1.54) is 18.6 Å². The summed E-state index contributed by atoms with van der Waals surface area (Å²) in [5.74, 6) is 0. The van der Waals surface area contributed by atoms with Crippen LogP contribution in [0.25, 0.3) is 0 Å². The van der Waals surface area contributed by atoms with E-state index in [2.05, 4.69) is 15.2 Å². The molecule has 0 unspecified atom stereocenters. The van der Waals surface area contributed by atoms with Gasteiger partial charge in [0.05, 0.1) is 9.82 Å². The van der Waals surface area contributed by atoms with Crippen molar-refractivity contribution in [2.45, 2.75) is 37.0 Å². The quantitative estimate of drug-likeness (QED) is 0.570. The SMILES string of the molecule is O=[N+]([O-])c1cc(S(=O)(=O)Nc2ccccc2)ccc1NN=C1CCCCC1. The second-order valence-corrected chi connectivity index (χ2v) is 7.94. The van der Waals surface area contributed by atoms with Gasteiger partial charge in [-0.1, -0.05) is 24.6 Å². The zero-order valence-corrected chi connectivity index (χ0v) is 15.4. The number of nitrogens with one attached hydrogen (secondary N) is 2. The second kappa shape index (κ2) is 8.17. The Hall–Kier alpha value is -2.94. The third kappa shape index (κ3) is 4.82. The summed E-state index contributed by atoms with van der Waals surface area (Å²) in [6, 6.07) is 12.1. The van der Waals surface area contributed by atoms with Crippen LogP contribution in [0.1, 0.15) is 32.1 Å². The minimum Gasteiger partial charge on any atom is -0.280 e. The van der Waals surface area contributed by atoms with Crippen molar-refractivity contribution in [2.75, 3.05) is 10.1 Å². The Morgan fingerprint density at radius 3 is 2.37 bits per heavy atom. The van der Waals surface area contributed by atoms with Gasteiger partial charge in [0.15, 0.2) is 0 Å². The highest BCUT2D eigenvalue weighted by Crippen LogP contribution is 2.29. The van der Waals surface area contributed by atoms with Crippen LogP contribution in [-0.2, 0) is 10.0 Å². The number of rotatable bonds is 6. The van der Waals surface area contributed by atoms with Crippen molar-refractivity contribution in [1.29, 1.82) is 0 Å². The monoisotopic (exact) mass is 388 g/mol. The van der Waals surface area contributed by atoms with Gasteiger partial charge in [-0.15, -0.1) is 0 Å². The molecular weight excluding hydrogens is 368 g/mol. The van der Waals surface area contributed by atoms with Gasteiger partial charge in [0, 0.05) is 17.5 Å². The van der Waals surface area contributed by atoms with Gasteiger partial charge in [0.1, 0.15) is 5.69 Å². The van der Waals surface area contributed by atoms with E-state index in [-0.39, 0.29) is 16.3 Å². The van der Waals surface area contributed by atoms with E-state index in [0.29, 0.717) is 5.69 Å². The highest BCUT2D eigenvalue weighted by atomic mass is 32.2. The van der Waals surface area contributed by atoms with E-state index >= 15 is 0 Å². The van der Waals surface area contributed by atoms with E-state index in [0.717, 1.165) is 37.5 Å². The normalized spacial score (nSPS) is 14.4. The summed E-state index contributed by atoms with van der Waals surface area (Å²) in [5.41, 5.74) is 3.90. The van der Waals surface area contributed by atoms with Crippen molar-refractivity contribution in [3.05, 3.63) is 58.6 Å². The minimum absolute atomic E-state index is 0.164. The molecule has 2 aromatic rings. The molecule has 1 aliphatic rings. The summed E-state index contributed by atoms with van der Waals surface area (Å²) >= 11 is 0. The van der Waals surface area contributed by atoms with E-state index < -0.39 is 14.9 Å². The molecule has 27 heavy (non-hydrogen) atoms. The van der Waals surface area contributed by atoms with Gasteiger partial charge >= 0.3 is 0 Å². The fourth-order valence-corrected chi connectivity index (χ4v) is 3.93. The van der Waals surface area contributed by atoms with Gasteiger partial charge in [0.25, 0.3) is 15.7 Å². The fraction of sp³-hybridized carbons (Fsp3) is 0.278. The molecule has 0 aromatic heterocycles. The van der Waals surface area contributed by atoms with Crippen molar-refractivity contribution in [3.8, 4) is 0 Å². The van der Waals surface area contributed by atoms with Crippen LogP contribution in [0, 0.1) is 10.1 Å². The summed E-state index contributed by atoms with van der Waals surface area (Å²) < 4.78 is 27.4. The van der Waals surface area contributed by atoms with E-state index in [4.69, 9.17) is 0 Å². The third-order valence-electron chi connectivity index (χ3n) is 4.27. The first-order valence-corrected chi connectivity index (χ1v) is 10.1. The molecule has 1 aliphatic carbocycles. The van der Waals surface area contributed by atoms with Crippen LogP contribution in [0.15, 0.2) is 58.5 Å². The van der Waals surface area contributed by atoms with Crippen LogP contribution in [0.5, 0.6) is 0 Å². The molecular formula is C18H20N4O4S. The molecule has 142 valence electrons. The number of nitro groups is 1. The first-order chi connectivity index (χ1) is 13.0. The van der Waals surface area contributed by atoms with Crippen molar-refractivity contribution < 1.29 is 13.3 Å². The van der Waals surface area contributed by atoms with Gasteiger partial charge in [-0.3, -0.25) is 20.3 Å². The third-order valence-corrected chi connectivity index (χ3v) is 5.65. The first kappa shape index (κ1) is 18.8. The molecule has 3 rings (SSSR count). The lowest BCUT2D eigenvalue weighted by Crippen LogP contribution is -2.13. The van der Waals surface area contributed by atoms with Crippen molar-refractivity contribution in [3.63, 3.8) is 0 Å². The summed E-state index contributed by atoms with van der Waals surface area (Å²) in [6.07, 6.45) is 5.03. The maximum absolute atomic E-state index is 12.5. The summed E-state index contributed by atoms with van der Waals surface area (Å²) in [7, 11) is -3.94. The van der Waals surface area contributed by atoms with Crippen molar-refractivity contribution in [2.24, 2.45) is 5.10 Å². The highest BCUT2D eigenvalue weighted by Gasteiger charge is 2.21. The Bertz CT molecular complexity index is 951. The predicted molar refractivity (Wildman–Crippen MR) is 104 cm³/mol. The van der Waals surface area contributed by atoms with Crippen LogP contribution >= 0.6 is 0 Å². The molecule has 1 fully saturated rings. The number of hydrazone groups is 1. The van der Waals surface area contributed by atoms with Gasteiger partial charge in [-0.25, -0.2) is 8.42 Å². The lowest BCUT2D eigenvalue weighted by Gasteiger charge is -2.13. The molecule has 2 aromatic carbocycles. The number of benzene rings is 2. The van der Waals surface area contributed by atoms with E-state index in [1.54, 1.807) is 30.3 Å². The van der Waals surface area contributed by atoms with Crippen LogP contribution in [0.3, 0.4) is 0 Å². The number of nitro benzene ring substituents is 1. The Labute approximate surface area is 157 Å². The van der Waals surface area contributed by atoms with E-state index in [1.807, 2.05) is 0 Å². The standard InChI is InChI=1S/C18H20N4O4S/c23-22(24)18-13-16(27(25,26)21-15-9-5-2-6-10-15)11-12-17(18)20-19-14-7-3-1-4-8-14/h2,5-6,9-13,20-21H,1,3-4,7-8H2. The average molecular weight is 388 g/mol. The van der Waals surface area contributed by atoms with Gasteiger partial charge in [-0.2, -0.15) is 5.10 Å². The molecule has 9 heteroatoms. The molecule has 1 saturated carbocycles. The van der Waals surface area contributed by atoms with Crippen LogP contribution in [-0.4, -0.2) is 19.1 Å². The summed E-state index contributed by atoms with van der Waals surface area (Å²) in [5, 5.41) is 15.7. The van der Waals surface area contributed by atoms with Crippen molar-refractivity contribution in [1.82, 2.24) is 0 Å². The molecule has 8 nitrogen and oxygen atoms in total. The van der Waals surface area contributed by atoms with Crippen molar-refractivity contribution >= 4 is 32.8 Å². The lowest BCUT2D eigenvalue weighted by atomic mass is 9.99. The molecule has 2 N–H and O–H groups in total. The largest absolute Gasteiger partial charge is 0.295 e. The molecule has 0 radical (unpaired) electrons. The molecule has 0 bridgehead atoms. The zero-order chi connectivity index (χ0) is 19.3. The van der Waals surface area contributed by atoms with Crippen LogP contribution in [0.4, 0.5) is 17.1 Å². The Morgan fingerprint density at radius 1 is 1.00 bits per heavy atom. The topological polar surface area (TPSA) is 114 Å². The number of nitrogens with zero attached hydrogens (tertiary/aromatic N) is 2. The Kier molecular flexibility index (Phi) is 5.70. The highest BCUT2D eigenvalue weighted by molar-refractivity contribution is 7.92. The molecule has 0 heterocycles. The predicted octanol–water partition coefficient (Wildman–Crippen LogP) is 4.13. The second-order valence-electron chi connectivity index (χ2n) is 6.26. The molecule has 0 amide bonds. The van der Waals surface area contributed by atoms with Crippen LogP contribution < -0.4 is 10.1 Å². The molecule has 0 aliphatic heterocycles. The Balaban J connectivity index is 1.85. The zero-order valence-electron chi connectivity index (χ0n) is 14.6. The fourth-order valence-electron chi connectivity index (χ4n) is 2.86. The first-order valence-electron chi connectivity index (χ1n) is 8.63. The van der Waals surface area contributed by atoms with Gasteiger partial charge in [0.2, 0.25) is 0 Å². The lowest BCUT2D eigenvalue weighted by molar-refractivity contribution is -0.384. The maximum atomic E-state index is 12.5. The Morgan fingerprint density at radius 2 is 1.70 bits per heavy atom. The summed E-state index contributed by atoms with van der Waals surface area (Å²) in [4.78, 5) is 10.6. The average Bonchev–Trinajstić information content (AvgIpc) is 2.67. The summed E-state index contributed by atoms with van der Waals surface area (Å²) in [6.45, 7) is 0. The smallest absolute Gasteiger partial charge is 0.280 e. The number of hydrogen-bond acceptors (Lipinski definition) is 6. The number of para-hydroxylation sites is 1. The molecule has 0 spiro atoms. The van der Waals surface area contributed by atoms with Gasteiger partial charge in [-0.05, 0) is 49.9 Å². The number of sulfonamides is 1. The molecule has 0 atom stereocenters. The van der Waals surface area contributed by atoms with Gasteiger partial charge < -0.3 is 0 Å².